The summed E-state index contributed by atoms with van der Waals surface area (Å²) in [5.41, 5.74) is 3.48. The van der Waals surface area contributed by atoms with Crippen molar-refractivity contribution in [2.45, 2.75) is 6.04 Å². The molecule has 1 unspecified atom stereocenters. The Labute approximate surface area is 113 Å². The number of nitrogens with zero attached hydrogens (tertiary/aromatic N) is 2. The van der Waals surface area contributed by atoms with E-state index in [4.69, 9.17) is 0 Å². The van der Waals surface area contributed by atoms with Crippen LogP contribution in [0.1, 0.15) is 17.2 Å². The molecule has 2 aromatic carbocycles. The topological polar surface area (TPSA) is 15.6 Å². The quantitative estimate of drug-likeness (QED) is 0.790. The molecule has 0 amide bonds. The first-order chi connectivity index (χ1) is 9.34. The van der Waals surface area contributed by atoms with E-state index < -0.39 is 0 Å². The van der Waals surface area contributed by atoms with Crippen molar-refractivity contribution < 1.29 is 0 Å². The molecule has 0 radical (unpaired) electrons. The molecule has 0 spiro atoms. The van der Waals surface area contributed by atoms with Crippen molar-refractivity contribution in [1.82, 2.24) is 4.90 Å². The average Bonchev–Trinajstić information content (AvgIpc) is 2.49. The van der Waals surface area contributed by atoms with Crippen LogP contribution in [0.2, 0.25) is 0 Å². The zero-order valence-electron chi connectivity index (χ0n) is 10.9. The second-order valence-electron chi connectivity index (χ2n) is 4.68. The highest BCUT2D eigenvalue weighted by atomic mass is 15.2. The molecular formula is C17H16N2. The van der Waals surface area contributed by atoms with Crippen molar-refractivity contribution in [3.05, 3.63) is 77.9 Å². The van der Waals surface area contributed by atoms with Crippen molar-refractivity contribution in [2.75, 3.05) is 7.05 Å². The van der Waals surface area contributed by atoms with E-state index in [1.165, 1.54) is 5.56 Å². The van der Waals surface area contributed by atoms with Crippen LogP contribution < -0.4 is 0 Å². The second kappa shape index (κ2) is 5.11. The Hall–Kier alpha value is -2.35. The second-order valence-corrected chi connectivity index (χ2v) is 4.68. The van der Waals surface area contributed by atoms with E-state index in [9.17, 15) is 0 Å². The minimum absolute atomic E-state index is 0.244. The third-order valence-corrected chi connectivity index (χ3v) is 3.34. The molecule has 0 saturated carbocycles. The molecule has 0 fully saturated rings. The molecule has 1 heterocycles. The van der Waals surface area contributed by atoms with Gasteiger partial charge in [0.25, 0.3) is 0 Å². The summed E-state index contributed by atoms with van der Waals surface area (Å²) < 4.78 is 0. The van der Waals surface area contributed by atoms with E-state index in [-0.39, 0.29) is 6.04 Å². The molecule has 0 saturated heterocycles. The SMILES string of the molecule is CN1C=NC(c2ccccc2)=CC1c1ccccc1. The maximum Gasteiger partial charge on any atom is 0.0917 e. The van der Waals surface area contributed by atoms with E-state index >= 15 is 0 Å². The molecule has 3 rings (SSSR count). The van der Waals surface area contributed by atoms with Gasteiger partial charge in [-0.05, 0) is 17.2 Å². The molecule has 1 aliphatic rings. The van der Waals surface area contributed by atoms with Crippen LogP contribution in [0.3, 0.4) is 0 Å². The van der Waals surface area contributed by atoms with Gasteiger partial charge in [0.1, 0.15) is 0 Å². The molecule has 94 valence electrons. The van der Waals surface area contributed by atoms with Gasteiger partial charge < -0.3 is 4.90 Å². The van der Waals surface area contributed by atoms with Gasteiger partial charge in [0, 0.05) is 7.05 Å². The van der Waals surface area contributed by atoms with E-state index in [1.807, 2.05) is 30.6 Å². The molecule has 0 N–H and O–H groups in total. The Morgan fingerprint density at radius 3 is 2.21 bits per heavy atom. The lowest BCUT2D eigenvalue weighted by Crippen LogP contribution is -2.24. The van der Waals surface area contributed by atoms with Crippen LogP contribution in [0.25, 0.3) is 5.70 Å². The lowest BCUT2D eigenvalue weighted by Gasteiger charge is -2.27. The molecule has 2 heteroatoms. The van der Waals surface area contributed by atoms with Gasteiger partial charge in [-0.2, -0.15) is 0 Å². The fourth-order valence-electron chi connectivity index (χ4n) is 2.30. The number of rotatable bonds is 2. The van der Waals surface area contributed by atoms with Gasteiger partial charge in [0.2, 0.25) is 0 Å². The monoisotopic (exact) mass is 248 g/mol. The molecule has 1 atom stereocenters. The molecule has 0 aliphatic carbocycles. The lowest BCUT2D eigenvalue weighted by molar-refractivity contribution is 0.447. The van der Waals surface area contributed by atoms with Crippen molar-refractivity contribution in [2.24, 2.45) is 4.99 Å². The average molecular weight is 248 g/mol. The number of hydrogen-bond acceptors (Lipinski definition) is 2. The minimum Gasteiger partial charge on any atom is -0.355 e. The van der Waals surface area contributed by atoms with Crippen LogP contribution in [0.15, 0.2) is 71.7 Å². The molecule has 19 heavy (non-hydrogen) atoms. The largest absolute Gasteiger partial charge is 0.355 e. The molecular weight excluding hydrogens is 232 g/mol. The van der Waals surface area contributed by atoms with E-state index in [0.29, 0.717) is 0 Å². The Balaban J connectivity index is 1.98. The molecule has 1 aliphatic heterocycles. The summed E-state index contributed by atoms with van der Waals surface area (Å²) in [6.07, 6.45) is 4.12. The van der Waals surface area contributed by atoms with Crippen LogP contribution >= 0.6 is 0 Å². The third-order valence-electron chi connectivity index (χ3n) is 3.34. The van der Waals surface area contributed by atoms with Gasteiger partial charge in [-0.25, -0.2) is 4.99 Å². The number of aliphatic imine (C=N–C) groups is 1. The zero-order valence-corrected chi connectivity index (χ0v) is 10.9. The molecule has 0 aromatic heterocycles. The van der Waals surface area contributed by atoms with Gasteiger partial charge in [0.05, 0.1) is 18.1 Å². The van der Waals surface area contributed by atoms with E-state index in [0.717, 1.165) is 11.3 Å². The van der Waals surface area contributed by atoms with Crippen molar-refractivity contribution in [1.29, 1.82) is 0 Å². The normalized spacial score (nSPS) is 18.3. The van der Waals surface area contributed by atoms with Crippen LogP contribution in [0, 0.1) is 0 Å². The summed E-state index contributed by atoms with van der Waals surface area (Å²) in [5, 5.41) is 0. The molecule has 2 aromatic rings. The van der Waals surface area contributed by atoms with Crippen molar-refractivity contribution >= 4 is 12.0 Å². The maximum absolute atomic E-state index is 4.52. The summed E-state index contributed by atoms with van der Waals surface area (Å²) in [6.45, 7) is 0. The van der Waals surface area contributed by atoms with Crippen molar-refractivity contribution in [3.8, 4) is 0 Å². The summed E-state index contributed by atoms with van der Waals surface area (Å²) in [6, 6.07) is 21.0. The fourth-order valence-corrected chi connectivity index (χ4v) is 2.30. The van der Waals surface area contributed by atoms with Gasteiger partial charge in [-0.1, -0.05) is 60.7 Å². The first-order valence-electron chi connectivity index (χ1n) is 6.43. The first-order valence-corrected chi connectivity index (χ1v) is 6.43. The third kappa shape index (κ3) is 2.43. The van der Waals surface area contributed by atoms with E-state index in [1.54, 1.807) is 0 Å². The van der Waals surface area contributed by atoms with Gasteiger partial charge in [0.15, 0.2) is 0 Å². The van der Waals surface area contributed by atoms with Crippen molar-refractivity contribution in [3.63, 3.8) is 0 Å². The van der Waals surface area contributed by atoms with Gasteiger partial charge in [-0.15, -0.1) is 0 Å². The highest BCUT2D eigenvalue weighted by Gasteiger charge is 2.17. The molecule has 0 bridgehead atoms. The predicted octanol–water partition coefficient (Wildman–Crippen LogP) is 3.74. The zero-order chi connectivity index (χ0) is 13.1. The highest BCUT2D eigenvalue weighted by Crippen LogP contribution is 2.28. The van der Waals surface area contributed by atoms with E-state index in [2.05, 4.69) is 59.4 Å². The molecule has 2 nitrogen and oxygen atoms in total. The Morgan fingerprint density at radius 1 is 0.895 bits per heavy atom. The Kier molecular flexibility index (Phi) is 3.15. The summed E-state index contributed by atoms with van der Waals surface area (Å²) in [4.78, 5) is 6.65. The lowest BCUT2D eigenvalue weighted by atomic mass is 10.0. The fraction of sp³-hybridized carbons (Fsp3) is 0.118. The van der Waals surface area contributed by atoms with Crippen LogP contribution in [0.5, 0.6) is 0 Å². The summed E-state index contributed by atoms with van der Waals surface area (Å²) >= 11 is 0. The maximum atomic E-state index is 4.52. The summed E-state index contributed by atoms with van der Waals surface area (Å²) in [7, 11) is 2.06. The smallest absolute Gasteiger partial charge is 0.0917 e. The number of hydrogen-bond donors (Lipinski definition) is 0. The number of likely N-dealkylation sites (N-methyl/N-ethyl adjacent to an activating group) is 1. The van der Waals surface area contributed by atoms with Crippen LogP contribution in [-0.2, 0) is 0 Å². The standard InChI is InChI=1S/C17H16N2/c1-19-13-18-16(14-8-4-2-5-9-14)12-17(19)15-10-6-3-7-11-15/h2-13,17H,1H3. The predicted molar refractivity (Wildman–Crippen MR) is 79.9 cm³/mol. The first kappa shape index (κ1) is 11.7. The van der Waals surface area contributed by atoms with Gasteiger partial charge >= 0.3 is 0 Å². The Bertz CT molecular complexity index is 600. The summed E-state index contributed by atoms with van der Waals surface area (Å²) in [5.74, 6) is 0. The number of benzene rings is 2. The highest BCUT2D eigenvalue weighted by molar-refractivity contribution is 5.76. The van der Waals surface area contributed by atoms with Crippen LogP contribution in [0.4, 0.5) is 0 Å². The minimum atomic E-state index is 0.244. The van der Waals surface area contributed by atoms with Gasteiger partial charge in [-0.3, -0.25) is 0 Å². The Morgan fingerprint density at radius 2 is 1.53 bits per heavy atom. The van der Waals surface area contributed by atoms with Crippen LogP contribution in [-0.4, -0.2) is 18.3 Å².